The van der Waals surface area contributed by atoms with Crippen LogP contribution in [0.1, 0.15) is 12.5 Å². The van der Waals surface area contributed by atoms with Crippen LogP contribution in [0.5, 0.6) is 0 Å². The second kappa shape index (κ2) is 5.44. The Balaban J connectivity index is 3.10. The Morgan fingerprint density at radius 1 is 1.53 bits per heavy atom. The lowest BCUT2D eigenvalue weighted by Gasteiger charge is -1.99. The standard InChI is InChI=1S/C10H9BrN2O2/c1-2-15-10(14)9(13-12)7-5-3-4-6-8(7)11/h3-6H,2H2,1H3. The van der Waals surface area contributed by atoms with Gasteiger partial charge >= 0.3 is 11.7 Å². The van der Waals surface area contributed by atoms with Crippen molar-refractivity contribution >= 4 is 27.6 Å². The molecule has 0 aliphatic rings. The molecular formula is C10H9BrN2O2. The maximum Gasteiger partial charge on any atom is 0.422 e. The molecule has 0 atom stereocenters. The number of nitrogens with zero attached hydrogens (tertiary/aromatic N) is 2. The van der Waals surface area contributed by atoms with Crippen molar-refractivity contribution in [2.24, 2.45) is 0 Å². The molecule has 5 heteroatoms. The lowest BCUT2D eigenvalue weighted by atomic mass is 10.1. The van der Waals surface area contributed by atoms with Crippen LogP contribution in [0.15, 0.2) is 28.7 Å². The summed E-state index contributed by atoms with van der Waals surface area (Å²) in [7, 11) is 0. The monoisotopic (exact) mass is 268 g/mol. The Labute approximate surface area is 95.6 Å². The zero-order valence-corrected chi connectivity index (χ0v) is 9.69. The molecule has 1 rings (SSSR count). The van der Waals surface area contributed by atoms with Crippen LogP contribution in [-0.4, -0.2) is 23.1 Å². The molecule has 0 aliphatic heterocycles. The van der Waals surface area contributed by atoms with Gasteiger partial charge in [0.25, 0.3) is 0 Å². The number of ether oxygens (including phenoxy) is 1. The highest BCUT2D eigenvalue weighted by molar-refractivity contribution is 9.10. The SMILES string of the molecule is CCOC(=O)C(=[N+]=[N-])c1ccccc1Br. The zero-order valence-electron chi connectivity index (χ0n) is 8.11. The van der Waals surface area contributed by atoms with Crippen LogP contribution in [0.3, 0.4) is 0 Å². The molecule has 1 aromatic carbocycles. The third-order valence-electron chi connectivity index (χ3n) is 1.70. The molecule has 15 heavy (non-hydrogen) atoms. The molecule has 78 valence electrons. The maximum atomic E-state index is 11.4. The van der Waals surface area contributed by atoms with Gasteiger partial charge in [-0.2, -0.15) is 4.79 Å². The minimum Gasteiger partial charge on any atom is -0.457 e. The summed E-state index contributed by atoms with van der Waals surface area (Å²) in [5.74, 6) is -0.646. The quantitative estimate of drug-likeness (QED) is 0.365. The van der Waals surface area contributed by atoms with E-state index in [0.29, 0.717) is 10.0 Å². The fourth-order valence-electron chi connectivity index (χ4n) is 1.06. The number of carbonyl (C=O) groups excluding carboxylic acids is 1. The van der Waals surface area contributed by atoms with Crippen molar-refractivity contribution in [3.8, 4) is 0 Å². The summed E-state index contributed by atoms with van der Waals surface area (Å²) >= 11 is 3.26. The van der Waals surface area contributed by atoms with Crippen molar-refractivity contribution < 1.29 is 14.3 Å². The highest BCUT2D eigenvalue weighted by Crippen LogP contribution is 2.16. The van der Waals surface area contributed by atoms with Crippen LogP contribution >= 0.6 is 15.9 Å². The number of carbonyl (C=O) groups is 1. The Morgan fingerprint density at radius 3 is 2.73 bits per heavy atom. The van der Waals surface area contributed by atoms with E-state index in [0.717, 1.165) is 0 Å². The van der Waals surface area contributed by atoms with E-state index in [2.05, 4.69) is 20.7 Å². The molecule has 0 saturated heterocycles. The molecule has 0 aromatic heterocycles. The first-order chi connectivity index (χ1) is 7.20. The Bertz CT molecular complexity index is 425. The van der Waals surface area contributed by atoms with Crippen LogP contribution in [0.4, 0.5) is 0 Å². The smallest absolute Gasteiger partial charge is 0.422 e. The molecule has 1 aromatic rings. The second-order valence-electron chi connectivity index (χ2n) is 2.65. The van der Waals surface area contributed by atoms with E-state index in [1.54, 1.807) is 31.2 Å². The Hall–Kier alpha value is -1.45. The van der Waals surface area contributed by atoms with Gasteiger partial charge in [-0.25, -0.2) is 4.79 Å². The molecular weight excluding hydrogens is 260 g/mol. The lowest BCUT2D eigenvalue weighted by molar-refractivity contribution is -0.139. The predicted octanol–water partition coefficient (Wildman–Crippen LogP) is 2.03. The molecule has 0 spiro atoms. The highest BCUT2D eigenvalue weighted by Gasteiger charge is 2.25. The molecule has 4 nitrogen and oxygen atoms in total. The van der Waals surface area contributed by atoms with Gasteiger partial charge in [0.2, 0.25) is 0 Å². The fourth-order valence-corrected chi connectivity index (χ4v) is 1.53. The lowest BCUT2D eigenvalue weighted by Crippen LogP contribution is -2.20. The number of hydrogen-bond acceptors (Lipinski definition) is 2. The van der Waals surface area contributed by atoms with Crippen molar-refractivity contribution in [3.05, 3.63) is 39.8 Å². The largest absolute Gasteiger partial charge is 0.457 e. The van der Waals surface area contributed by atoms with Gasteiger partial charge in [0.15, 0.2) is 0 Å². The van der Waals surface area contributed by atoms with Gasteiger partial charge in [-0.15, -0.1) is 0 Å². The van der Waals surface area contributed by atoms with Crippen LogP contribution in [-0.2, 0) is 9.53 Å². The molecule has 0 N–H and O–H groups in total. The molecule has 0 amide bonds. The summed E-state index contributed by atoms with van der Waals surface area (Å²) in [5, 5.41) is 0. The van der Waals surface area contributed by atoms with Crippen molar-refractivity contribution in [2.75, 3.05) is 6.61 Å². The number of benzene rings is 1. The van der Waals surface area contributed by atoms with Gasteiger partial charge < -0.3 is 10.3 Å². The highest BCUT2D eigenvalue weighted by atomic mass is 79.9. The van der Waals surface area contributed by atoms with Gasteiger partial charge in [-0.3, -0.25) is 0 Å². The van der Waals surface area contributed by atoms with Gasteiger partial charge in [0.1, 0.15) is 0 Å². The predicted molar refractivity (Wildman–Crippen MR) is 58.5 cm³/mol. The number of esters is 1. The van der Waals surface area contributed by atoms with E-state index >= 15 is 0 Å². The third-order valence-corrected chi connectivity index (χ3v) is 2.39. The maximum absolute atomic E-state index is 11.4. The Kier molecular flexibility index (Phi) is 4.21. The van der Waals surface area contributed by atoms with E-state index in [4.69, 9.17) is 10.3 Å². The van der Waals surface area contributed by atoms with Crippen LogP contribution in [0.25, 0.3) is 5.53 Å². The number of rotatable bonds is 3. The molecule has 0 fully saturated rings. The average Bonchev–Trinajstić information content (AvgIpc) is 2.22. The molecule has 0 radical (unpaired) electrons. The minimum absolute atomic E-state index is 0.107. The molecule has 0 saturated carbocycles. The first-order valence-corrected chi connectivity index (χ1v) is 5.14. The summed E-state index contributed by atoms with van der Waals surface area (Å²) in [5.41, 5.74) is 9.16. The zero-order chi connectivity index (χ0) is 11.3. The first kappa shape index (κ1) is 11.6. The molecule has 0 bridgehead atoms. The third kappa shape index (κ3) is 2.75. The van der Waals surface area contributed by atoms with E-state index < -0.39 is 5.97 Å². The van der Waals surface area contributed by atoms with E-state index in [-0.39, 0.29) is 12.3 Å². The topological polar surface area (TPSA) is 62.7 Å². The first-order valence-electron chi connectivity index (χ1n) is 4.34. The number of hydrogen-bond donors (Lipinski definition) is 0. The summed E-state index contributed by atoms with van der Waals surface area (Å²) < 4.78 is 5.43. The van der Waals surface area contributed by atoms with E-state index in [1.807, 2.05) is 0 Å². The van der Waals surface area contributed by atoms with Crippen molar-refractivity contribution in [3.63, 3.8) is 0 Å². The normalized spacial score (nSPS) is 9.20. The van der Waals surface area contributed by atoms with E-state index in [1.165, 1.54) is 0 Å². The number of halogens is 1. The van der Waals surface area contributed by atoms with Crippen LogP contribution < -0.4 is 0 Å². The average molecular weight is 269 g/mol. The summed E-state index contributed by atoms with van der Waals surface area (Å²) in [6.45, 7) is 1.93. The summed E-state index contributed by atoms with van der Waals surface area (Å²) in [6.07, 6.45) is 0. The Morgan fingerprint density at radius 2 is 2.20 bits per heavy atom. The summed E-state index contributed by atoms with van der Waals surface area (Å²) in [4.78, 5) is 14.3. The second-order valence-corrected chi connectivity index (χ2v) is 3.50. The molecule has 0 aliphatic carbocycles. The van der Waals surface area contributed by atoms with Crippen molar-refractivity contribution in [1.29, 1.82) is 0 Å². The van der Waals surface area contributed by atoms with Crippen molar-refractivity contribution in [2.45, 2.75) is 6.92 Å². The van der Waals surface area contributed by atoms with Crippen LogP contribution in [0.2, 0.25) is 0 Å². The van der Waals surface area contributed by atoms with Gasteiger partial charge in [-0.05, 0) is 35.0 Å². The van der Waals surface area contributed by atoms with Gasteiger partial charge in [0, 0.05) is 4.47 Å². The van der Waals surface area contributed by atoms with Crippen LogP contribution in [0, 0.1) is 0 Å². The van der Waals surface area contributed by atoms with E-state index in [9.17, 15) is 4.79 Å². The molecule has 0 heterocycles. The minimum atomic E-state index is -0.646. The van der Waals surface area contributed by atoms with Gasteiger partial charge in [-0.1, -0.05) is 12.1 Å². The fraction of sp³-hybridized carbons (Fsp3) is 0.200. The van der Waals surface area contributed by atoms with Crippen molar-refractivity contribution in [1.82, 2.24) is 0 Å². The summed E-state index contributed by atoms with van der Waals surface area (Å²) in [6, 6.07) is 6.95. The van der Waals surface area contributed by atoms with Gasteiger partial charge in [0.05, 0.1) is 12.2 Å². The molecule has 0 unspecified atom stereocenters.